The van der Waals surface area contributed by atoms with Gasteiger partial charge in [-0.1, -0.05) is 24.3 Å². The van der Waals surface area contributed by atoms with Crippen molar-refractivity contribution in [2.45, 2.75) is 25.9 Å². The number of aromatic nitrogens is 1. The van der Waals surface area contributed by atoms with E-state index in [1.54, 1.807) is 16.2 Å². The molecule has 1 saturated heterocycles. The first kappa shape index (κ1) is 17.4. The molecule has 2 aromatic heterocycles. The highest BCUT2D eigenvalue weighted by Gasteiger charge is 2.15. The molecule has 1 aliphatic heterocycles. The summed E-state index contributed by atoms with van der Waals surface area (Å²) < 4.78 is 0. The summed E-state index contributed by atoms with van der Waals surface area (Å²) in [6, 6.07) is 10.6. The summed E-state index contributed by atoms with van der Waals surface area (Å²) >= 11 is 3.14. The Kier molecular flexibility index (Phi) is 5.43. The van der Waals surface area contributed by atoms with E-state index in [9.17, 15) is 4.79 Å². The number of rotatable bonds is 6. The van der Waals surface area contributed by atoms with Crippen LogP contribution in [0.3, 0.4) is 0 Å². The summed E-state index contributed by atoms with van der Waals surface area (Å²) in [7, 11) is 0. The van der Waals surface area contributed by atoms with Crippen LogP contribution in [0.5, 0.6) is 0 Å². The van der Waals surface area contributed by atoms with Gasteiger partial charge in [0.1, 0.15) is 17.2 Å². The van der Waals surface area contributed by atoms with Crippen molar-refractivity contribution in [3.63, 3.8) is 0 Å². The molecule has 0 unspecified atom stereocenters. The Morgan fingerprint density at radius 2 is 1.85 bits per heavy atom. The molecular weight excluding hydrogens is 362 g/mol. The molecule has 1 aliphatic rings. The van der Waals surface area contributed by atoms with E-state index in [4.69, 9.17) is 0 Å². The second-order valence-corrected chi connectivity index (χ2v) is 8.32. The van der Waals surface area contributed by atoms with Gasteiger partial charge in [0.05, 0.1) is 13.1 Å². The SMILES string of the molecule is O=C(NCc1ccc(C[NH+]2CCCC2)cc1)c1csc(-c2ccsc2)n1. The number of nitrogens with one attached hydrogen (secondary N) is 2. The van der Waals surface area contributed by atoms with Gasteiger partial charge < -0.3 is 10.2 Å². The molecule has 6 heteroatoms. The smallest absolute Gasteiger partial charge is 0.271 e. The maximum absolute atomic E-state index is 12.3. The number of hydrogen-bond acceptors (Lipinski definition) is 4. The zero-order valence-electron chi connectivity index (χ0n) is 14.5. The Hall–Kier alpha value is -2.02. The van der Waals surface area contributed by atoms with Crippen LogP contribution in [0, 0.1) is 0 Å². The van der Waals surface area contributed by atoms with Gasteiger partial charge in [0.15, 0.2) is 0 Å². The number of nitrogens with zero attached hydrogens (tertiary/aromatic N) is 1. The molecule has 4 nitrogen and oxygen atoms in total. The number of quaternary nitrogens is 1. The molecule has 0 saturated carbocycles. The van der Waals surface area contributed by atoms with Crippen LogP contribution in [0.2, 0.25) is 0 Å². The predicted molar refractivity (Wildman–Crippen MR) is 107 cm³/mol. The van der Waals surface area contributed by atoms with Gasteiger partial charge in [0.2, 0.25) is 0 Å². The highest BCUT2D eigenvalue weighted by molar-refractivity contribution is 7.14. The van der Waals surface area contributed by atoms with Crippen LogP contribution in [-0.4, -0.2) is 24.0 Å². The van der Waals surface area contributed by atoms with Crippen LogP contribution in [0.4, 0.5) is 0 Å². The van der Waals surface area contributed by atoms with Crippen molar-refractivity contribution in [2.24, 2.45) is 0 Å². The van der Waals surface area contributed by atoms with Gasteiger partial charge in [0, 0.05) is 41.3 Å². The molecule has 4 rings (SSSR count). The molecule has 0 bridgehead atoms. The van der Waals surface area contributed by atoms with E-state index in [1.165, 1.54) is 42.8 Å². The predicted octanol–water partition coefficient (Wildman–Crippen LogP) is 2.98. The highest BCUT2D eigenvalue weighted by atomic mass is 32.1. The summed E-state index contributed by atoms with van der Waals surface area (Å²) in [6.07, 6.45) is 2.70. The summed E-state index contributed by atoms with van der Waals surface area (Å²) in [5.74, 6) is -0.117. The molecule has 2 N–H and O–H groups in total. The van der Waals surface area contributed by atoms with Crippen molar-refractivity contribution in [1.82, 2.24) is 10.3 Å². The minimum atomic E-state index is -0.117. The van der Waals surface area contributed by atoms with E-state index in [0.29, 0.717) is 12.2 Å². The van der Waals surface area contributed by atoms with E-state index in [1.807, 2.05) is 22.2 Å². The van der Waals surface area contributed by atoms with Crippen molar-refractivity contribution < 1.29 is 9.69 Å². The Morgan fingerprint density at radius 1 is 1.08 bits per heavy atom. The molecular formula is C20H22N3OS2+. The number of carbonyl (C=O) groups is 1. The van der Waals surface area contributed by atoms with Crippen LogP contribution >= 0.6 is 22.7 Å². The number of benzene rings is 1. The van der Waals surface area contributed by atoms with Crippen LogP contribution in [0.1, 0.15) is 34.5 Å². The van der Waals surface area contributed by atoms with Gasteiger partial charge in [-0.2, -0.15) is 11.3 Å². The van der Waals surface area contributed by atoms with Gasteiger partial charge in [0.25, 0.3) is 5.91 Å². The van der Waals surface area contributed by atoms with E-state index in [2.05, 4.69) is 34.6 Å². The number of amides is 1. The molecule has 0 aliphatic carbocycles. The zero-order valence-corrected chi connectivity index (χ0v) is 16.2. The molecule has 26 heavy (non-hydrogen) atoms. The maximum Gasteiger partial charge on any atom is 0.271 e. The normalized spacial score (nSPS) is 14.6. The molecule has 134 valence electrons. The lowest BCUT2D eigenvalue weighted by molar-refractivity contribution is -0.901. The largest absolute Gasteiger partial charge is 0.347 e. The maximum atomic E-state index is 12.3. The Morgan fingerprint density at radius 3 is 2.58 bits per heavy atom. The summed E-state index contributed by atoms with van der Waals surface area (Å²) in [5.41, 5.74) is 4.06. The summed E-state index contributed by atoms with van der Waals surface area (Å²) in [5, 5.41) is 9.75. The average Bonchev–Trinajstić information content (AvgIpc) is 3.42. The molecule has 3 aromatic rings. The van der Waals surface area contributed by atoms with Gasteiger partial charge in [-0.15, -0.1) is 11.3 Å². The summed E-state index contributed by atoms with van der Waals surface area (Å²) in [4.78, 5) is 18.5. The van der Waals surface area contributed by atoms with Gasteiger partial charge in [-0.25, -0.2) is 4.98 Å². The van der Waals surface area contributed by atoms with Gasteiger partial charge in [-0.3, -0.25) is 4.79 Å². The van der Waals surface area contributed by atoms with Crippen LogP contribution in [0.15, 0.2) is 46.5 Å². The number of carbonyl (C=O) groups excluding carboxylic acids is 1. The number of likely N-dealkylation sites (tertiary alicyclic amines) is 1. The van der Waals surface area contributed by atoms with E-state index < -0.39 is 0 Å². The average molecular weight is 385 g/mol. The minimum absolute atomic E-state index is 0.117. The molecule has 1 aromatic carbocycles. The fourth-order valence-electron chi connectivity index (χ4n) is 3.29. The van der Waals surface area contributed by atoms with Crippen molar-refractivity contribution >= 4 is 28.6 Å². The van der Waals surface area contributed by atoms with Crippen LogP contribution in [0.25, 0.3) is 10.6 Å². The molecule has 3 heterocycles. The third kappa shape index (κ3) is 4.20. The second kappa shape index (κ2) is 8.12. The topological polar surface area (TPSA) is 46.4 Å². The Bertz CT molecular complexity index is 850. The van der Waals surface area contributed by atoms with Crippen molar-refractivity contribution in [2.75, 3.05) is 13.1 Å². The lowest BCUT2D eigenvalue weighted by Crippen LogP contribution is -3.08. The zero-order chi connectivity index (χ0) is 17.8. The van der Waals surface area contributed by atoms with Gasteiger partial charge in [-0.05, 0) is 17.0 Å². The highest BCUT2D eigenvalue weighted by Crippen LogP contribution is 2.25. The molecule has 0 radical (unpaired) electrons. The molecule has 0 spiro atoms. The first-order valence-corrected chi connectivity index (χ1v) is 10.8. The van der Waals surface area contributed by atoms with E-state index in [0.717, 1.165) is 22.7 Å². The lowest BCUT2D eigenvalue weighted by Gasteiger charge is -2.12. The Labute approximate surface area is 161 Å². The monoisotopic (exact) mass is 384 g/mol. The lowest BCUT2D eigenvalue weighted by atomic mass is 10.1. The van der Waals surface area contributed by atoms with Crippen LogP contribution < -0.4 is 10.2 Å². The first-order valence-electron chi connectivity index (χ1n) is 8.95. The Balaban J connectivity index is 1.31. The molecule has 0 atom stereocenters. The van der Waals surface area contributed by atoms with Crippen LogP contribution in [-0.2, 0) is 13.1 Å². The standard InChI is InChI=1S/C20H21N3OS2/c24-19(18-14-26-20(22-18)17-7-10-25-13-17)21-11-15-3-5-16(6-4-15)12-23-8-1-2-9-23/h3-7,10,13-14H,1-2,8-9,11-12H2,(H,21,24)/p+1. The number of thiazole rings is 1. The van der Waals surface area contributed by atoms with E-state index in [-0.39, 0.29) is 5.91 Å². The number of thiophene rings is 1. The molecule has 1 amide bonds. The third-order valence-electron chi connectivity index (χ3n) is 4.75. The number of hydrogen-bond donors (Lipinski definition) is 2. The minimum Gasteiger partial charge on any atom is -0.347 e. The summed E-state index contributed by atoms with van der Waals surface area (Å²) in [6.45, 7) is 4.22. The van der Waals surface area contributed by atoms with Crippen molar-refractivity contribution in [1.29, 1.82) is 0 Å². The fourth-order valence-corrected chi connectivity index (χ4v) is 4.80. The second-order valence-electron chi connectivity index (χ2n) is 6.68. The van der Waals surface area contributed by atoms with Crippen molar-refractivity contribution in [3.05, 3.63) is 63.3 Å². The van der Waals surface area contributed by atoms with Crippen molar-refractivity contribution in [3.8, 4) is 10.6 Å². The van der Waals surface area contributed by atoms with Gasteiger partial charge >= 0.3 is 0 Å². The fraction of sp³-hybridized carbons (Fsp3) is 0.300. The molecule has 1 fully saturated rings. The quantitative estimate of drug-likeness (QED) is 0.686. The first-order chi connectivity index (χ1) is 12.8. The van der Waals surface area contributed by atoms with E-state index >= 15 is 0 Å². The third-order valence-corrected chi connectivity index (χ3v) is 6.32.